The maximum Gasteiger partial charge on any atom is 0.249 e. The van der Waals surface area contributed by atoms with E-state index in [2.05, 4.69) is 15.8 Å². The number of methoxy groups -OCH3 is 1. The van der Waals surface area contributed by atoms with Gasteiger partial charge in [0, 0.05) is 5.69 Å². The second-order valence-electron chi connectivity index (χ2n) is 5.70. The van der Waals surface area contributed by atoms with Crippen LogP contribution in [0.25, 0.3) is 0 Å². The van der Waals surface area contributed by atoms with E-state index in [1.165, 1.54) is 6.21 Å². The van der Waals surface area contributed by atoms with Gasteiger partial charge in [0.2, 0.25) is 11.8 Å². The molecule has 0 spiro atoms. The third-order valence-corrected chi connectivity index (χ3v) is 3.64. The number of aryl methyl sites for hydroxylation is 1. The quantitative estimate of drug-likeness (QED) is 0.425. The summed E-state index contributed by atoms with van der Waals surface area (Å²) >= 11 is 0. The molecule has 7 nitrogen and oxygen atoms in total. The van der Waals surface area contributed by atoms with Crippen LogP contribution in [0, 0.1) is 6.92 Å². The first-order chi connectivity index (χ1) is 13.0. The Morgan fingerprint density at radius 1 is 1.07 bits per heavy atom. The molecule has 0 atom stereocenters. The molecule has 0 saturated carbocycles. The van der Waals surface area contributed by atoms with Crippen LogP contribution in [0.4, 0.5) is 5.69 Å². The Kier molecular flexibility index (Phi) is 7.37. The van der Waals surface area contributed by atoms with Gasteiger partial charge in [0.1, 0.15) is 17.9 Å². The van der Waals surface area contributed by atoms with Crippen molar-refractivity contribution >= 4 is 23.7 Å². The average molecular weight is 369 g/mol. The topological polar surface area (TPSA) is 89.0 Å². The van der Waals surface area contributed by atoms with Crippen LogP contribution in [-0.2, 0) is 9.59 Å². The molecule has 0 aliphatic rings. The molecule has 0 saturated heterocycles. The summed E-state index contributed by atoms with van der Waals surface area (Å²) in [6.45, 7) is 4.38. The summed E-state index contributed by atoms with van der Waals surface area (Å²) < 4.78 is 10.5. The number of amides is 2. The van der Waals surface area contributed by atoms with E-state index < -0.39 is 11.8 Å². The summed E-state index contributed by atoms with van der Waals surface area (Å²) in [5.74, 6) is 0.546. The fourth-order valence-electron chi connectivity index (χ4n) is 2.29. The summed E-state index contributed by atoms with van der Waals surface area (Å²) in [4.78, 5) is 23.8. The zero-order valence-electron chi connectivity index (χ0n) is 15.6. The lowest BCUT2D eigenvalue weighted by Gasteiger charge is -2.07. The molecule has 2 aromatic rings. The van der Waals surface area contributed by atoms with Crippen molar-refractivity contribution in [1.29, 1.82) is 0 Å². The zero-order valence-corrected chi connectivity index (χ0v) is 15.6. The summed E-state index contributed by atoms with van der Waals surface area (Å²) in [7, 11) is 1.60. The lowest BCUT2D eigenvalue weighted by Crippen LogP contribution is -2.24. The monoisotopic (exact) mass is 369 g/mol. The molecular formula is C20H23N3O4. The molecule has 0 fully saturated rings. The third kappa shape index (κ3) is 6.47. The second kappa shape index (κ2) is 9.96. The van der Waals surface area contributed by atoms with Gasteiger partial charge < -0.3 is 14.8 Å². The van der Waals surface area contributed by atoms with Crippen molar-refractivity contribution in [2.45, 2.75) is 20.3 Å². The molecular weight excluding hydrogens is 346 g/mol. The van der Waals surface area contributed by atoms with E-state index in [0.29, 0.717) is 12.3 Å². The second-order valence-corrected chi connectivity index (χ2v) is 5.70. The Morgan fingerprint density at radius 2 is 1.78 bits per heavy atom. The first-order valence-electron chi connectivity index (χ1n) is 8.51. The Morgan fingerprint density at radius 3 is 2.41 bits per heavy atom. The zero-order chi connectivity index (χ0) is 19.6. The number of carbonyl (C=O) groups excluding carboxylic acids is 2. The van der Waals surface area contributed by atoms with Gasteiger partial charge in [0.15, 0.2) is 0 Å². The van der Waals surface area contributed by atoms with Crippen LogP contribution in [0.2, 0.25) is 0 Å². The summed E-state index contributed by atoms with van der Waals surface area (Å²) in [5.41, 5.74) is 4.74. The van der Waals surface area contributed by atoms with Crippen LogP contribution in [0.5, 0.6) is 11.5 Å². The van der Waals surface area contributed by atoms with Crippen LogP contribution in [-0.4, -0.2) is 31.7 Å². The molecule has 0 unspecified atom stereocenters. The number of anilines is 1. The van der Waals surface area contributed by atoms with E-state index in [0.717, 1.165) is 22.6 Å². The van der Waals surface area contributed by atoms with Crippen LogP contribution in [0.15, 0.2) is 47.6 Å². The van der Waals surface area contributed by atoms with E-state index >= 15 is 0 Å². The van der Waals surface area contributed by atoms with Crippen LogP contribution in [0.3, 0.4) is 0 Å². The molecule has 0 heterocycles. The highest BCUT2D eigenvalue weighted by Gasteiger charge is 2.09. The molecule has 2 rings (SSSR count). The van der Waals surface area contributed by atoms with E-state index in [4.69, 9.17) is 9.47 Å². The summed E-state index contributed by atoms with van der Waals surface area (Å²) in [6, 6.07) is 12.4. The predicted molar refractivity (Wildman–Crippen MR) is 104 cm³/mol. The Labute approximate surface area is 158 Å². The average Bonchev–Trinajstić information content (AvgIpc) is 2.64. The number of hydrazone groups is 1. The van der Waals surface area contributed by atoms with Gasteiger partial charge in [-0.2, -0.15) is 5.10 Å². The van der Waals surface area contributed by atoms with Crippen molar-refractivity contribution in [3.63, 3.8) is 0 Å². The molecule has 0 aliphatic heterocycles. The number of benzene rings is 2. The largest absolute Gasteiger partial charge is 0.497 e. The molecule has 0 radical (unpaired) electrons. The molecule has 2 aromatic carbocycles. The van der Waals surface area contributed by atoms with E-state index in [1.807, 2.05) is 26.0 Å². The lowest BCUT2D eigenvalue weighted by molar-refractivity contribution is -0.126. The van der Waals surface area contributed by atoms with Crippen molar-refractivity contribution in [2.24, 2.45) is 5.10 Å². The molecule has 2 N–H and O–H groups in total. The van der Waals surface area contributed by atoms with Crippen molar-refractivity contribution < 1.29 is 19.1 Å². The number of nitrogens with one attached hydrogen (secondary N) is 2. The van der Waals surface area contributed by atoms with Crippen molar-refractivity contribution in [2.75, 3.05) is 19.0 Å². The van der Waals surface area contributed by atoms with E-state index in [1.54, 1.807) is 37.4 Å². The normalized spacial score (nSPS) is 10.5. The Balaban J connectivity index is 1.81. The van der Waals surface area contributed by atoms with Gasteiger partial charge in [-0.3, -0.25) is 9.59 Å². The molecule has 0 aliphatic carbocycles. The highest BCUT2D eigenvalue weighted by molar-refractivity contribution is 6.03. The van der Waals surface area contributed by atoms with Gasteiger partial charge >= 0.3 is 0 Å². The van der Waals surface area contributed by atoms with E-state index in [-0.39, 0.29) is 6.42 Å². The minimum atomic E-state index is -0.499. The maximum atomic E-state index is 11.9. The number of carbonyl (C=O) groups is 2. The number of hydrogen-bond donors (Lipinski definition) is 2. The summed E-state index contributed by atoms with van der Waals surface area (Å²) in [5, 5.41) is 6.54. The predicted octanol–water partition coefficient (Wildman–Crippen LogP) is 2.88. The first-order valence-corrected chi connectivity index (χ1v) is 8.51. The highest BCUT2D eigenvalue weighted by atomic mass is 16.5. The minimum Gasteiger partial charge on any atom is -0.497 e. The van der Waals surface area contributed by atoms with Crippen molar-refractivity contribution in [1.82, 2.24) is 5.43 Å². The minimum absolute atomic E-state index is 0.327. The molecule has 27 heavy (non-hydrogen) atoms. The number of rotatable bonds is 8. The van der Waals surface area contributed by atoms with Crippen molar-refractivity contribution in [3.05, 3.63) is 53.6 Å². The standard InChI is InChI=1S/C20H23N3O4/c1-4-27-17-9-6-16(7-10-17)22-19(24)12-20(25)23-21-13-15-5-8-18(26-3)11-14(15)2/h5-11,13H,4,12H2,1-3H3,(H,22,24)(H,23,25). The van der Waals surface area contributed by atoms with Gasteiger partial charge in [0.25, 0.3) is 0 Å². The van der Waals surface area contributed by atoms with Gasteiger partial charge in [-0.25, -0.2) is 5.43 Å². The maximum absolute atomic E-state index is 11.9. The summed E-state index contributed by atoms with van der Waals surface area (Å²) in [6.07, 6.45) is 1.20. The molecule has 142 valence electrons. The Hall–Kier alpha value is -3.35. The SMILES string of the molecule is CCOc1ccc(NC(=O)CC(=O)NN=Cc2ccc(OC)cc2C)cc1. The van der Waals surface area contributed by atoms with Gasteiger partial charge in [-0.15, -0.1) is 0 Å². The van der Waals surface area contributed by atoms with Crippen LogP contribution >= 0.6 is 0 Å². The molecule has 7 heteroatoms. The lowest BCUT2D eigenvalue weighted by atomic mass is 10.1. The van der Waals surface area contributed by atoms with Crippen LogP contribution in [0.1, 0.15) is 24.5 Å². The van der Waals surface area contributed by atoms with Crippen molar-refractivity contribution in [3.8, 4) is 11.5 Å². The molecule has 0 bridgehead atoms. The molecule has 0 aromatic heterocycles. The van der Waals surface area contributed by atoms with E-state index in [9.17, 15) is 9.59 Å². The number of hydrogen-bond acceptors (Lipinski definition) is 5. The number of ether oxygens (including phenoxy) is 2. The smallest absolute Gasteiger partial charge is 0.249 e. The highest BCUT2D eigenvalue weighted by Crippen LogP contribution is 2.16. The molecule has 2 amide bonds. The Bertz CT molecular complexity index is 816. The fourth-order valence-corrected chi connectivity index (χ4v) is 2.29. The van der Waals surface area contributed by atoms with Gasteiger partial charge in [-0.1, -0.05) is 0 Å². The fraction of sp³-hybridized carbons (Fsp3) is 0.250. The van der Waals surface area contributed by atoms with Gasteiger partial charge in [0.05, 0.1) is 19.9 Å². The third-order valence-electron chi connectivity index (χ3n) is 3.64. The van der Waals surface area contributed by atoms with Crippen LogP contribution < -0.4 is 20.2 Å². The first kappa shape index (κ1) is 20.0. The number of nitrogens with zero attached hydrogens (tertiary/aromatic N) is 1. The van der Waals surface area contributed by atoms with Gasteiger partial charge in [-0.05, 0) is 67.4 Å².